The fraction of sp³-hybridized carbons (Fsp3) is 0.650. The van der Waals surface area contributed by atoms with Gasteiger partial charge in [-0.05, 0) is 48.9 Å². The average molecular weight is 443 g/mol. The van der Waals surface area contributed by atoms with Crippen molar-refractivity contribution in [1.29, 1.82) is 0 Å². The van der Waals surface area contributed by atoms with Gasteiger partial charge in [0.1, 0.15) is 5.75 Å². The van der Waals surface area contributed by atoms with Crippen molar-refractivity contribution in [1.82, 2.24) is 9.21 Å². The van der Waals surface area contributed by atoms with E-state index in [4.69, 9.17) is 0 Å². The SMILES string of the molecule is CCCCCS(=O)(=O)CC(=O)N1CCN(S(=O)(=O)c2ccc3c(c2)CCC3)CC1. The minimum Gasteiger partial charge on any atom is -0.339 e. The van der Waals surface area contributed by atoms with E-state index in [1.807, 2.05) is 13.0 Å². The van der Waals surface area contributed by atoms with Crippen LogP contribution in [0.25, 0.3) is 0 Å². The minimum atomic E-state index is -3.61. The van der Waals surface area contributed by atoms with Gasteiger partial charge < -0.3 is 4.90 Å². The molecule has 0 atom stereocenters. The first-order valence-corrected chi connectivity index (χ1v) is 13.6. The summed E-state index contributed by atoms with van der Waals surface area (Å²) in [7, 11) is -7.02. The number of nitrogens with zero attached hydrogens (tertiary/aromatic N) is 2. The molecule has 3 rings (SSSR count). The maximum absolute atomic E-state index is 13.0. The average Bonchev–Trinajstić information content (AvgIpc) is 3.15. The van der Waals surface area contributed by atoms with Gasteiger partial charge in [-0.15, -0.1) is 0 Å². The second-order valence-corrected chi connectivity index (χ2v) is 12.0. The van der Waals surface area contributed by atoms with Crippen LogP contribution < -0.4 is 0 Å². The first kappa shape index (κ1) is 22.2. The van der Waals surface area contributed by atoms with Crippen LogP contribution in [-0.4, -0.2) is 69.6 Å². The molecule has 1 aromatic carbocycles. The second-order valence-electron chi connectivity index (χ2n) is 7.87. The Hall–Kier alpha value is -1.45. The Labute approximate surface area is 174 Å². The van der Waals surface area contributed by atoms with Gasteiger partial charge in [0.05, 0.1) is 10.6 Å². The smallest absolute Gasteiger partial charge is 0.243 e. The van der Waals surface area contributed by atoms with Gasteiger partial charge in [0, 0.05) is 26.2 Å². The zero-order chi connectivity index (χ0) is 21.1. The fourth-order valence-electron chi connectivity index (χ4n) is 3.96. The third-order valence-corrected chi connectivity index (χ3v) is 9.19. The molecule has 162 valence electrons. The van der Waals surface area contributed by atoms with Crippen molar-refractivity contribution >= 4 is 25.8 Å². The number of hydrogen-bond donors (Lipinski definition) is 0. The molecular weight excluding hydrogens is 412 g/mol. The first-order chi connectivity index (χ1) is 13.7. The summed E-state index contributed by atoms with van der Waals surface area (Å²) in [6.07, 6.45) is 5.28. The Balaban J connectivity index is 1.57. The van der Waals surface area contributed by atoms with E-state index >= 15 is 0 Å². The Bertz CT molecular complexity index is 949. The van der Waals surface area contributed by atoms with Crippen LogP contribution in [0.2, 0.25) is 0 Å². The predicted octanol–water partition coefficient (Wildman–Crippen LogP) is 1.61. The highest BCUT2D eigenvalue weighted by Crippen LogP contribution is 2.26. The van der Waals surface area contributed by atoms with Crippen molar-refractivity contribution in [2.24, 2.45) is 0 Å². The van der Waals surface area contributed by atoms with E-state index < -0.39 is 31.5 Å². The number of carbonyl (C=O) groups is 1. The standard InChI is InChI=1S/C20H30N2O5S2/c1-2-3-4-14-28(24,25)16-20(23)21-10-12-22(13-11-21)29(26,27)19-9-8-17-6-5-7-18(17)15-19/h8-9,15H,2-7,10-14,16H2,1H3. The van der Waals surface area contributed by atoms with Crippen LogP contribution in [0.1, 0.15) is 43.7 Å². The van der Waals surface area contributed by atoms with E-state index in [0.717, 1.165) is 37.7 Å². The molecule has 7 nitrogen and oxygen atoms in total. The van der Waals surface area contributed by atoms with Crippen LogP contribution in [0.15, 0.2) is 23.1 Å². The number of hydrogen-bond acceptors (Lipinski definition) is 5. The molecule has 0 saturated carbocycles. The molecule has 1 aromatic rings. The van der Waals surface area contributed by atoms with Gasteiger partial charge in [-0.1, -0.05) is 25.8 Å². The summed E-state index contributed by atoms with van der Waals surface area (Å²) in [6, 6.07) is 5.34. The van der Waals surface area contributed by atoms with E-state index in [9.17, 15) is 21.6 Å². The van der Waals surface area contributed by atoms with E-state index in [2.05, 4.69) is 0 Å². The number of unbranched alkanes of at least 4 members (excludes halogenated alkanes) is 2. The van der Waals surface area contributed by atoms with Gasteiger partial charge in [0.2, 0.25) is 15.9 Å². The molecule has 1 aliphatic carbocycles. The van der Waals surface area contributed by atoms with Gasteiger partial charge in [0.15, 0.2) is 9.84 Å². The molecule has 0 aromatic heterocycles. The lowest BCUT2D eigenvalue weighted by atomic mass is 10.1. The number of benzene rings is 1. The van der Waals surface area contributed by atoms with E-state index in [1.165, 1.54) is 14.8 Å². The molecule has 0 unspecified atom stereocenters. The highest BCUT2D eigenvalue weighted by atomic mass is 32.2. The van der Waals surface area contributed by atoms with Gasteiger partial charge in [0.25, 0.3) is 0 Å². The van der Waals surface area contributed by atoms with Crippen molar-refractivity contribution in [3.63, 3.8) is 0 Å². The molecule has 1 saturated heterocycles. The summed E-state index contributed by atoms with van der Waals surface area (Å²) in [5.41, 5.74) is 2.33. The summed E-state index contributed by atoms with van der Waals surface area (Å²) in [5, 5.41) is 0. The maximum atomic E-state index is 13.0. The van der Waals surface area contributed by atoms with Crippen molar-refractivity contribution in [3.05, 3.63) is 29.3 Å². The highest BCUT2D eigenvalue weighted by Gasteiger charge is 2.32. The lowest BCUT2D eigenvalue weighted by molar-refractivity contribution is -0.129. The molecule has 1 amide bonds. The van der Waals surface area contributed by atoms with E-state index in [1.54, 1.807) is 12.1 Å². The number of amides is 1. The summed E-state index contributed by atoms with van der Waals surface area (Å²) < 4.78 is 51.5. The van der Waals surface area contributed by atoms with Crippen LogP contribution >= 0.6 is 0 Å². The number of rotatable bonds is 8. The van der Waals surface area contributed by atoms with E-state index in [-0.39, 0.29) is 31.9 Å². The van der Waals surface area contributed by atoms with Gasteiger partial charge in [-0.3, -0.25) is 4.79 Å². The second kappa shape index (κ2) is 9.14. The molecule has 0 radical (unpaired) electrons. The number of sulfonamides is 1. The van der Waals surface area contributed by atoms with Gasteiger partial charge in [-0.2, -0.15) is 4.31 Å². The van der Waals surface area contributed by atoms with Crippen LogP contribution in [0.4, 0.5) is 0 Å². The molecule has 1 heterocycles. The zero-order valence-electron chi connectivity index (χ0n) is 17.0. The van der Waals surface area contributed by atoms with Gasteiger partial charge >= 0.3 is 0 Å². The summed E-state index contributed by atoms with van der Waals surface area (Å²) >= 11 is 0. The minimum absolute atomic E-state index is 0.0270. The molecular formula is C20H30N2O5S2. The van der Waals surface area contributed by atoms with Crippen molar-refractivity contribution in [2.75, 3.05) is 37.7 Å². The highest BCUT2D eigenvalue weighted by molar-refractivity contribution is 7.92. The predicted molar refractivity (Wildman–Crippen MR) is 112 cm³/mol. The van der Waals surface area contributed by atoms with Crippen molar-refractivity contribution in [3.8, 4) is 0 Å². The Morgan fingerprint density at radius 3 is 2.34 bits per heavy atom. The number of aryl methyl sites for hydroxylation is 2. The summed E-state index contributed by atoms with van der Waals surface area (Å²) in [6.45, 7) is 2.79. The molecule has 29 heavy (non-hydrogen) atoms. The molecule has 9 heteroatoms. The molecule has 2 aliphatic rings. The zero-order valence-corrected chi connectivity index (χ0v) is 18.6. The van der Waals surface area contributed by atoms with Crippen LogP contribution in [0, 0.1) is 0 Å². The molecule has 1 aliphatic heterocycles. The molecule has 0 bridgehead atoms. The van der Waals surface area contributed by atoms with Crippen LogP contribution in [-0.2, 0) is 37.5 Å². The monoisotopic (exact) mass is 442 g/mol. The molecule has 0 spiro atoms. The quantitative estimate of drug-likeness (QED) is 0.571. The van der Waals surface area contributed by atoms with Crippen molar-refractivity contribution in [2.45, 2.75) is 50.3 Å². The number of fused-ring (bicyclic) bond motifs is 1. The summed E-state index contributed by atoms with van der Waals surface area (Å²) in [4.78, 5) is 14.1. The van der Waals surface area contributed by atoms with Crippen LogP contribution in [0.5, 0.6) is 0 Å². The summed E-state index contributed by atoms with van der Waals surface area (Å²) in [5.74, 6) is -0.899. The van der Waals surface area contributed by atoms with E-state index in [0.29, 0.717) is 11.3 Å². The fourth-order valence-corrected chi connectivity index (χ4v) is 6.78. The van der Waals surface area contributed by atoms with Crippen LogP contribution in [0.3, 0.4) is 0 Å². The Kier molecular flexibility index (Phi) is 7.01. The third-order valence-electron chi connectivity index (χ3n) is 5.70. The third kappa shape index (κ3) is 5.38. The number of carbonyl (C=O) groups excluding carboxylic acids is 1. The topological polar surface area (TPSA) is 91.8 Å². The van der Waals surface area contributed by atoms with Gasteiger partial charge in [-0.25, -0.2) is 16.8 Å². The largest absolute Gasteiger partial charge is 0.339 e. The first-order valence-electron chi connectivity index (χ1n) is 10.3. The Morgan fingerprint density at radius 2 is 1.66 bits per heavy atom. The lowest BCUT2D eigenvalue weighted by Crippen LogP contribution is -2.51. The lowest BCUT2D eigenvalue weighted by Gasteiger charge is -2.34. The number of piperazine rings is 1. The normalized spacial score (nSPS) is 18.0. The Morgan fingerprint density at radius 1 is 0.966 bits per heavy atom. The molecule has 0 N–H and O–H groups in total. The number of sulfone groups is 1. The molecule has 1 fully saturated rings. The maximum Gasteiger partial charge on any atom is 0.243 e. The van der Waals surface area contributed by atoms with Crippen molar-refractivity contribution < 1.29 is 21.6 Å².